The maximum absolute atomic E-state index is 9.28. The zero-order valence-electron chi connectivity index (χ0n) is 10.0. The van der Waals surface area contributed by atoms with E-state index < -0.39 is 0 Å². The molecule has 0 bridgehead atoms. The van der Waals surface area contributed by atoms with Gasteiger partial charge >= 0.3 is 0 Å². The molecule has 1 aromatic carbocycles. The fourth-order valence-electron chi connectivity index (χ4n) is 1.65. The molecule has 0 aliphatic carbocycles. The number of benzene rings is 1. The first-order valence-corrected chi connectivity index (χ1v) is 6.02. The molecular weight excluding hydrogens is 252 g/mol. The van der Waals surface area contributed by atoms with Crippen LogP contribution in [-0.2, 0) is 19.8 Å². The molecule has 6 N–H and O–H groups in total. The minimum Gasteiger partial charge on any atom is -0.393 e. The smallest absolute Gasteiger partial charge is 0.0745 e. The molecule has 1 rings (SSSR count). The van der Waals surface area contributed by atoms with E-state index in [2.05, 4.69) is 5.32 Å². The molecular formula is C12H18N2O3S. The monoisotopic (exact) mass is 270 g/mol. The Bertz CT molecular complexity index is 424. The van der Waals surface area contributed by atoms with Crippen LogP contribution in [0.5, 0.6) is 0 Å². The van der Waals surface area contributed by atoms with E-state index in [-0.39, 0.29) is 19.8 Å². The Morgan fingerprint density at radius 3 is 2.11 bits per heavy atom. The average molecular weight is 270 g/mol. The van der Waals surface area contributed by atoms with Gasteiger partial charge in [-0.15, -0.1) is 0 Å². The number of thiocarbonyl (C=S) groups is 1. The van der Waals surface area contributed by atoms with Gasteiger partial charge in [0.25, 0.3) is 0 Å². The minimum absolute atomic E-state index is 0.145. The predicted molar refractivity (Wildman–Crippen MR) is 74.1 cm³/mol. The number of anilines is 1. The Morgan fingerprint density at radius 1 is 1.06 bits per heavy atom. The Morgan fingerprint density at radius 2 is 1.61 bits per heavy atom. The van der Waals surface area contributed by atoms with Crippen molar-refractivity contribution in [1.29, 1.82) is 0 Å². The van der Waals surface area contributed by atoms with Crippen molar-refractivity contribution in [3.63, 3.8) is 0 Å². The van der Waals surface area contributed by atoms with Gasteiger partial charge in [0.1, 0.15) is 0 Å². The van der Waals surface area contributed by atoms with Gasteiger partial charge in [-0.2, -0.15) is 0 Å². The van der Waals surface area contributed by atoms with Crippen LogP contribution in [-0.4, -0.2) is 26.9 Å². The van der Waals surface area contributed by atoms with Gasteiger partial charge in [-0.3, -0.25) is 0 Å². The Labute approximate surface area is 111 Å². The first-order chi connectivity index (χ1) is 8.62. The van der Waals surface area contributed by atoms with Gasteiger partial charge in [-0.05, 0) is 23.3 Å². The minimum atomic E-state index is -0.171. The van der Waals surface area contributed by atoms with E-state index in [0.717, 1.165) is 5.69 Å². The van der Waals surface area contributed by atoms with E-state index in [9.17, 15) is 10.2 Å². The molecule has 0 atom stereocenters. The van der Waals surface area contributed by atoms with E-state index in [1.54, 1.807) is 12.1 Å². The fraction of sp³-hybridized carbons (Fsp3) is 0.417. The van der Waals surface area contributed by atoms with Crippen LogP contribution >= 0.6 is 12.2 Å². The zero-order valence-corrected chi connectivity index (χ0v) is 10.8. The molecule has 0 aromatic heterocycles. The van der Waals surface area contributed by atoms with Crippen molar-refractivity contribution in [2.45, 2.75) is 26.2 Å². The molecule has 0 saturated carbocycles. The lowest BCUT2D eigenvalue weighted by atomic mass is 10.0. The quantitative estimate of drug-likeness (QED) is 0.456. The molecule has 0 amide bonds. The summed E-state index contributed by atoms with van der Waals surface area (Å²) in [5.74, 6) is 0. The van der Waals surface area contributed by atoms with Crippen LogP contribution in [0.3, 0.4) is 0 Å². The largest absolute Gasteiger partial charge is 0.393 e. The van der Waals surface area contributed by atoms with Gasteiger partial charge in [-0.25, -0.2) is 0 Å². The third-order valence-electron chi connectivity index (χ3n) is 2.62. The number of nitrogens with one attached hydrogen (secondary N) is 1. The molecule has 0 saturated heterocycles. The standard InChI is InChI=1S/C12H18N2O3S/c13-12(18)1-2-14-11-4-9(6-16)8(5-15)3-10(11)7-17/h3-4,14-17H,1-2,5-7H2,(H2,13,18). The van der Waals surface area contributed by atoms with E-state index in [1.165, 1.54) is 0 Å². The van der Waals surface area contributed by atoms with E-state index in [4.69, 9.17) is 23.1 Å². The molecule has 0 aliphatic rings. The summed E-state index contributed by atoms with van der Waals surface area (Å²) < 4.78 is 0. The lowest BCUT2D eigenvalue weighted by Crippen LogP contribution is -2.15. The van der Waals surface area contributed by atoms with Gasteiger partial charge in [0, 0.05) is 24.2 Å². The number of hydrogen-bond donors (Lipinski definition) is 5. The van der Waals surface area contributed by atoms with Gasteiger partial charge in [0.05, 0.1) is 24.8 Å². The highest BCUT2D eigenvalue weighted by molar-refractivity contribution is 7.80. The summed E-state index contributed by atoms with van der Waals surface area (Å²) in [5.41, 5.74) is 8.03. The maximum atomic E-state index is 9.28. The molecule has 18 heavy (non-hydrogen) atoms. The molecule has 100 valence electrons. The summed E-state index contributed by atoms with van der Waals surface area (Å²) in [6.45, 7) is 0.0848. The number of aliphatic hydroxyl groups is 3. The van der Waals surface area contributed by atoms with Crippen molar-refractivity contribution in [2.75, 3.05) is 11.9 Å². The predicted octanol–water partition coefficient (Wildman–Crippen LogP) is 0.252. The van der Waals surface area contributed by atoms with E-state index in [0.29, 0.717) is 34.6 Å². The summed E-state index contributed by atoms with van der Waals surface area (Å²) in [6, 6.07) is 3.39. The number of nitrogens with two attached hydrogens (primary N) is 1. The molecule has 0 radical (unpaired) electrons. The zero-order chi connectivity index (χ0) is 13.5. The van der Waals surface area contributed by atoms with Crippen LogP contribution in [0.25, 0.3) is 0 Å². The summed E-state index contributed by atoms with van der Waals surface area (Å²) in [4.78, 5) is 0.419. The number of aliphatic hydroxyl groups excluding tert-OH is 3. The van der Waals surface area contributed by atoms with Crippen LogP contribution < -0.4 is 11.1 Å². The van der Waals surface area contributed by atoms with Gasteiger partial charge < -0.3 is 26.4 Å². The van der Waals surface area contributed by atoms with Crippen LogP contribution in [0.4, 0.5) is 5.69 Å². The van der Waals surface area contributed by atoms with Crippen LogP contribution in [0.1, 0.15) is 23.1 Å². The maximum Gasteiger partial charge on any atom is 0.0745 e. The molecule has 0 unspecified atom stereocenters. The highest BCUT2D eigenvalue weighted by Crippen LogP contribution is 2.22. The van der Waals surface area contributed by atoms with Crippen LogP contribution in [0, 0.1) is 0 Å². The van der Waals surface area contributed by atoms with Crippen molar-refractivity contribution in [1.82, 2.24) is 0 Å². The first-order valence-electron chi connectivity index (χ1n) is 5.61. The summed E-state index contributed by atoms with van der Waals surface area (Å²) in [5, 5.41) is 30.7. The van der Waals surface area contributed by atoms with Gasteiger partial charge in [0.2, 0.25) is 0 Å². The fourth-order valence-corrected chi connectivity index (χ4v) is 1.75. The number of hydrogen-bond acceptors (Lipinski definition) is 5. The Kier molecular flexibility index (Phi) is 6.00. The SMILES string of the molecule is NC(=S)CCNc1cc(CO)c(CO)cc1CO. The van der Waals surface area contributed by atoms with Crippen molar-refractivity contribution in [3.05, 3.63) is 28.8 Å². The van der Waals surface area contributed by atoms with Crippen LogP contribution in [0.15, 0.2) is 12.1 Å². The first kappa shape index (κ1) is 14.8. The summed E-state index contributed by atoms with van der Waals surface area (Å²) in [6.07, 6.45) is 0.552. The van der Waals surface area contributed by atoms with Crippen molar-refractivity contribution >= 4 is 22.9 Å². The molecule has 0 fully saturated rings. The average Bonchev–Trinajstić information content (AvgIpc) is 2.37. The summed E-state index contributed by atoms with van der Waals surface area (Å²) >= 11 is 4.78. The lowest BCUT2D eigenvalue weighted by Gasteiger charge is -2.14. The highest BCUT2D eigenvalue weighted by Gasteiger charge is 2.08. The Balaban J connectivity index is 2.91. The molecule has 5 nitrogen and oxygen atoms in total. The molecule has 1 aromatic rings. The topological polar surface area (TPSA) is 98.7 Å². The second kappa shape index (κ2) is 7.27. The van der Waals surface area contributed by atoms with Gasteiger partial charge in [0.15, 0.2) is 0 Å². The highest BCUT2D eigenvalue weighted by atomic mass is 32.1. The normalized spacial score (nSPS) is 10.4. The van der Waals surface area contributed by atoms with Crippen molar-refractivity contribution in [3.8, 4) is 0 Å². The molecule has 0 aliphatic heterocycles. The lowest BCUT2D eigenvalue weighted by molar-refractivity contribution is 0.258. The molecule has 6 heteroatoms. The Hall–Kier alpha value is -1.21. The van der Waals surface area contributed by atoms with E-state index in [1.807, 2.05) is 0 Å². The van der Waals surface area contributed by atoms with Crippen LogP contribution in [0.2, 0.25) is 0 Å². The second-order valence-corrected chi connectivity index (χ2v) is 4.42. The third kappa shape index (κ3) is 3.92. The summed E-state index contributed by atoms with van der Waals surface area (Å²) in [7, 11) is 0. The van der Waals surface area contributed by atoms with E-state index >= 15 is 0 Å². The molecule has 0 heterocycles. The number of rotatable bonds is 7. The van der Waals surface area contributed by atoms with Gasteiger partial charge in [-0.1, -0.05) is 12.2 Å². The van der Waals surface area contributed by atoms with Crippen molar-refractivity contribution in [2.24, 2.45) is 5.73 Å². The third-order valence-corrected chi connectivity index (χ3v) is 2.83. The van der Waals surface area contributed by atoms with Crippen molar-refractivity contribution < 1.29 is 15.3 Å². The molecule has 0 spiro atoms. The second-order valence-electron chi connectivity index (χ2n) is 3.90.